The fourth-order valence-corrected chi connectivity index (χ4v) is 2.79. The van der Waals surface area contributed by atoms with E-state index in [2.05, 4.69) is 46.5 Å². The fourth-order valence-electron chi connectivity index (χ4n) is 2.06. The molecule has 0 fully saturated rings. The molecule has 0 atom stereocenters. The predicted molar refractivity (Wildman–Crippen MR) is 75.1 cm³/mol. The van der Waals surface area contributed by atoms with Gasteiger partial charge < -0.3 is 5.73 Å². The Morgan fingerprint density at radius 3 is 2.95 bits per heavy atom. The van der Waals surface area contributed by atoms with Crippen molar-refractivity contribution in [3.8, 4) is 0 Å². The smallest absolute Gasteiger partial charge is 0.234 e. The molecule has 0 aliphatic heterocycles. The molecule has 0 bridgehead atoms. The summed E-state index contributed by atoms with van der Waals surface area (Å²) < 4.78 is 1.81. The van der Waals surface area contributed by atoms with Crippen LogP contribution in [0.3, 0.4) is 0 Å². The van der Waals surface area contributed by atoms with E-state index in [1.54, 1.807) is 0 Å². The molecule has 2 N–H and O–H groups in total. The average Bonchev–Trinajstić information content (AvgIpc) is 2.96. The number of rotatable bonds is 4. The Morgan fingerprint density at radius 1 is 1.26 bits per heavy atom. The van der Waals surface area contributed by atoms with Crippen LogP contribution in [0, 0.1) is 6.92 Å². The highest BCUT2D eigenvalue weighted by Crippen LogP contribution is 2.14. The van der Waals surface area contributed by atoms with E-state index >= 15 is 0 Å². The van der Waals surface area contributed by atoms with Crippen molar-refractivity contribution in [1.29, 1.82) is 0 Å². The van der Waals surface area contributed by atoms with E-state index in [4.69, 9.17) is 5.73 Å². The molecule has 3 rings (SSSR count). The van der Waals surface area contributed by atoms with Crippen molar-refractivity contribution >= 4 is 16.3 Å². The molecule has 98 valence electrons. The molecule has 2 aromatic heterocycles. The number of aromatic nitrogens is 4. The van der Waals surface area contributed by atoms with Gasteiger partial charge in [-0.2, -0.15) is 9.61 Å². The lowest BCUT2D eigenvalue weighted by atomic mass is 10.1. The van der Waals surface area contributed by atoms with Gasteiger partial charge in [0.15, 0.2) is 5.82 Å². The predicted octanol–water partition coefficient (Wildman–Crippen LogP) is 1.74. The Kier molecular flexibility index (Phi) is 3.27. The van der Waals surface area contributed by atoms with Gasteiger partial charge in [0.1, 0.15) is 5.01 Å². The van der Waals surface area contributed by atoms with Gasteiger partial charge in [-0.05, 0) is 18.9 Å². The van der Waals surface area contributed by atoms with Gasteiger partial charge >= 0.3 is 0 Å². The topological polar surface area (TPSA) is 69.1 Å². The molecule has 0 unspecified atom stereocenters. The van der Waals surface area contributed by atoms with Gasteiger partial charge in [0.2, 0.25) is 4.96 Å². The van der Waals surface area contributed by atoms with Crippen molar-refractivity contribution in [3.63, 3.8) is 0 Å². The minimum Gasteiger partial charge on any atom is -0.324 e. The highest BCUT2D eigenvalue weighted by atomic mass is 32.1. The first-order valence-corrected chi connectivity index (χ1v) is 7.03. The van der Waals surface area contributed by atoms with Gasteiger partial charge in [-0.1, -0.05) is 41.2 Å². The summed E-state index contributed by atoms with van der Waals surface area (Å²) in [5, 5.41) is 13.6. The van der Waals surface area contributed by atoms with Gasteiger partial charge in [0, 0.05) is 13.0 Å². The lowest BCUT2D eigenvalue weighted by molar-refractivity contribution is 0.775. The zero-order valence-electron chi connectivity index (χ0n) is 10.7. The van der Waals surface area contributed by atoms with E-state index in [9.17, 15) is 0 Å². The van der Waals surface area contributed by atoms with Crippen LogP contribution in [0.5, 0.6) is 0 Å². The second-order valence-corrected chi connectivity index (χ2v) is 5.54. The van der Waals surface area contributed by atoms with Crippen LogP contribution >= 0.6 is 11.3 Å². The summed E-state index contributed by atoms with van der Waals surface area (Å²) in [6, 6.07) is 8.52. The highest BCUT2D eigenvalue weighted by Gasteiger charge is 2.10. The van der Waals surface area contributed by atoms with Crippen LogP contribution in [-0.2, 0) is 19.4 Å². The first-order valence-electron chi connectivity index (χ1n) is 6.22. The van der Waals surface area contributed by atoms with Crippen LogP contribution in [0.15, 0.2) is 24.3 Å². The third-order valence-electron chi connectivity index (χ3n) is 2.99. The maximum absolute atomic E-state index is 5.59. The van der Waals surface area contributed by atoms with Crippen LogP contribution in [0.2, 0.25) is 0 Å². The number of nitrogens with two attached hydrogens (primary N) is 1. The number of nitrogens with zero attached hydrogens (tertiary/aromatic N) is 4. The molecule has 0 spiro atoms. The van der Waals surface area contributed by atoms with Gasteiger partial charge in [-0.15, -0.1) is 10.2 Å². The van der Waals surface area contributed by atoms with Crippen molar-refractivity contribution in [1.82, 2.24) is 19.8 Å². The van der Waals surface area contributed by atoms with Crippen LogP contribution in [0.1, 0.15) is 22.0 Å². The molecule has 5 nitrogen and oxygen atoms in total. The van der Waals surface area contributed by atoms with E-state index < -0.39 is 0 Å². The van der Waals surface area contributed by atoms with E-state index in [-0.39, 0.29) is 0 Å². The fraction of sp³-hybridized carbons (Fsp3) is 0.308. The van der Waals surface area contributed by atoms with Crippen LogP contribution in [-0.4, -0.2) is 19.8 Å². The highest BCUT2D eigenvalue weighted by molar-refractivity contribution is 7.16. The van der Waals surface area contributed by atoms with Crippen LogP contribution in [0.25, 0.3) is 4.96 Å². The number of benzene rings is 1. The summed E-state index contributed by atoms with van der Waals surface area (Å²) in [4.78, 5) is 0.819. The Bertz CT molecular complexity index is 700. The molecule has 19 heavy (non-hydrogen) atoms. The SMILES string of the molecule is Cc1cccc(CCc2nnc3sc(CN)nn23)c1. The molecule has 0 radical (unpaired) electrons. The molecular formula is C13H15N5S. The minimum absolute atomic E-state index is 0.450. The summed E-state index contributed by atoms with van der Waals surface area (Å²) >= 11 is 1.50. The molecule has 0 amide bonds. The van der Waals surface area contributed by atoms with E-state index in [1.807, 2.05) is 4.52 Å². The summed E-state index contributed by atoms with van der Waals surface area (Å²) in [5.74, 6) is 0.896. The molecule has 0 saturated heterocycles. The molecule has 1 aromatic carbocycles. The first-order chi connectivity index (χ1) is 9.26. The van der Waals surface area contributed by atoms with Gasteiger partial charge in [0.25, 0.3) is 0 Å². The zero-order valence-corrected chi connectivity index (χ0v) is 11.5. The second-order valence-electron chi connectivity index (χ2n) is 4.50. The first kappa shape index (κ1) is 12.3. The number of aryl methyl sites for hydroxylation is 3. The molecule has 0 aliphatic carbocycles. The van der Waals surface area contributed by atoms with Gasteiger partial charge in [-0.3, -0.25) is 0 Å². The quantitative estimate of drug-likeness (QED) is 0.786. The van der Waals surface area contributed by atoms with Crippen molar-refractivity contribution in [2.75, 3.05) is 0 Å². The van der Waals surface area contributed by atoms with Crippen molar-refractivity contribution in [2.24, 2.45) is 5.73 Å². The Morgan fingerprint density at radius 2 is 2.16 bits per heavy atom. The summed E-state index contributed by atoms with van der Waals surface area (Å²) in [7, 11) is 0. The van der Waals surface area contributed by atoms with Crippen molar-refractivity contribution < 1.29 is 0 Å². The standard InChI is InChI=1S/C13H15N5S/c1-9-3-2-4-10(7-9)5-6-11-15-16-13-18(11)17-12(8-14)19-13/h2-4,7H,5-6,8,14H2,1H3. The van der Waals surface area contributed by atoms with Gasteiger partial charge in [-0.25, -0.2) is 0 Å². The maximum atomic E-state index is 5.59. The lowest BCUT2D eigenvalue weighted by Crippen LogP contribution is -2.01. The number of hydrogen-bond donors (Lipinski definition) is 1. The van der Waals surface area contributed by atoms with E-state index in [1.165, 1.54) is 22.5 Å². The average molecular weight is 273 g/mol. The Hall–Kier alpha value is -1.79. The second kappa shape index (κ2) is 5.07. The Labute approximate surface area is 115 Å². The monoisotopic (exact) mass is 273 g/mol. The zero-order chi connectivity index (χ0) is 13.2. The minimum atomic E-state index is 0.450. The number of hydrogen-bond acceptors (Lipinski definition) is 5. The van der Waals surface area contributed by atoms with Crippen LogP contribution < -0.4 is 5.73 Å². The molecular weight excluding hydrogens is 258 g/mol. The Balaban J connectivity index is 1.79. The molecule has 0 saturated carbocycles. The summed E-state index contributed by atoms with van der Waals surface area (Å²) in [6.07, 6.45) is 1.77. The summed E-state index contributed by atoms with van der Waals surface area (Å²) in [5.41, 5.74) is 8.18. The third-order valence-corrected chi connectivity index (χ3v) is 3.91. The maximum Gasteiger partial charge on any atom is 0.234 e. The van der Waals surface area contributed by atoms with E-state index in [0.717, 1.165) is 28.6 Å². The normalized spacial score (nSPS) is 11.3. The molecule has 3 aromatic rings. The lowest BCUT2D eigenvalue weighted by Gasteiger charge is -2.00. The van der Waals surface area contributed by atoms with E-state index in [0.29, 0.717) is 6.54 Å². The van der Waals surface area contributed by atoms with Crippen molar-refractivity contribution in [3.05, 3.63) is 46.2 Å². The molecule has 2 heterocycles. The molecule has 0 aliphatic rings. The molecule has 6 heteroatoms. The van der Waals surface area contributed by atoms with Gasteiger partial charge in [0.05, 0.1) is 0 Å². The largest absolute Gasteiger partial charge is 0.324 e. The van der Waals surface area contributed by atoms with Crippen LogP contribution in [0.4, 0.5) is 0 Å². The summed E-state index contributed by atoms with van der Waals surface area (Å²) in [6.45, 7) is 2.55. The number of fused-ring (bicyclic) bond motifs is 1. The third kappa shape index (κ3) is 2.50. The van der Waals surface area contributed by atoms with Crippen molar-refractivity contribution in [2.45, 2.75) is 26.3 Å².